The molecule has 12 heavy (non-hydrogen) atoms. The molecule has 0 radical (unpaired) electrons. The molecule has 0 N–H and O–H groups in total. The Balaban J connectivity index is 4.18. The van der Waals surface area contributed by atoms with Crippen molar-refractivity contribution < 1.29 is 17.2 Å². The maximum Gasteiger partial charge on any atom is 0.337 e. The summed E-state index contributed by atoms with van der Waals surface area (Å²) < 4.78 is 8.12. The van der Waals surface area contributed by atoms with Crippen LogP contribution in [0.4, 0.5) is 0 Å². The molecule has 0 bridgehead atoms. The Morgan fingerprint density at radius 3 is 1.42 bits per heavy atom. The maximum absolute atomic E-state index is 10.7. The van der Waals surface area contributed by atoms with Crippen molar-refractivity contribution in [2.45, 2.75) is 10.8 Å². The monoisotopic (exact) mass is 342 g/mol. The number of hydrogen-bond acceptors (Lipinski definition) is 4. The van der Waals surface area contributed by atoms with E-state index in [4.69, 9.17) is 23.2 Å². The van der Waals surface area contributed by atoms with E-state index >= 15 is 0 Å². The quantitative estimate of drug-likeness (QED) is 0.734. The number of alkyl halides is 2. The van der Waals surface area contributed by atoms with Gasteiger partial charge in [-0.2, -0.15) is 0 Å². The van der Waals surface area contributed by atoms with E-state index in [2.05, 4.69) is 40.2 Å². The maximum atomic E-state index is 10.7. The fraction of sp³-hybridized carbons (Fsp3) is 0.500. The Morgan fingerprint density at radius 2 is 1.25 bits per heavy atom. The van der Waals surface area contributed by atoms with Crippen LogP contribution >= 0.6 is 55.7 Å². The highest BCUT2D eigenvalue weighted by Gasteiger charge is 2.32. The Labute approximate surface area is 95.4 Å². The summed E-state index contributed by atoms with van der Waals surface area (Å²) in [6, 6.07) is 0. The average Bonchev–Trinajstić information content (AvgIpc) is 2.12. The van der Waals surface area contributed by atoms with Gasteiger partial charge in [0.15, 0.2) is 43.3 Å². The molecule has 2 unspecified atom stereocenters. The van der Waals surface area contributed by atoms with E-state index in [0.29, 0.717) is 0 Å². The van der Waals surface area contributed by atoms with Crippen LogP contribution in [0.1, 0.15) is 0 Å². The summed E-state index contributed by atoms with van der Waals surface area (Å²) in [5.74, 6) is -1.73. The van der Waals surface area contributed by atoms with E-state index < -0.39 is 22.7 Å². The topological polar surface area (TPSA) is 52.6 Å². The SMILES string of the molecule is O=C(OBr)C(Cl)C(Cl)C(=O)OBr. The van der Waals surface area contributed by atoms with Crippen molar-refractivity contribution in [3.63, 3.8) is 0 Å². The Morgan fingerprint density at radius 1 is 1.00 bits per heavy atom. The normalized spacial score (nSPS) is 14.7. The zero-order valence-corrected chi connectivity index (χ0v) is 9.98. The van der Waals surface area contributed by atoms with Crippen LogP contribution in [0.3, 0.4) is 0 Å². The van der Waals surface area contributed by atoms with Gasteiger partial charge in [-0.3, -0.25) is 0 Å². The van der Waals surface area contributed by atoms with Crippen molar-refractivity contribution in [1.82, 2.24) is 0 Å². The number of halogens is 4. The molecule has 0 aliphatic heterocycles. The van der Waals surface area contributed by atoms with Gasteiger partial charge in [-0.25, -0.2) is 9.59 Å². The number of carbonyl (C=O) groups is 2. The Kier molecular flexibility index (Phi) is 6.25. The standard InChI is InChI=1S/C4H2Br2Cl2O4/c5-11-3(9)1(7)2(8)4(10)12-6/h1-2H. The molecular formula is C4H2Br2Cl2O4. The molecule has 0 saturated carbocycles. The van der Waals surface area contributed by atoms with Crippen LogP contribution in [-0.4, -0.2) is 22.7 Å². The van der Waals surface area contributed by atoms with Gasteiger partial charge in [0.05, 0.1) is 0 Å². The van der Waals surface area contributed by atoms with Crippen molar-refractivity contribution in [2.75, 3.05) is 0 Å². The van der Waals surface area contributed by atoms with Gasteiger partial charge in [-0.15, -0.1) is 23.2 Å². The van der Waals surface area contributed by atoms with Gasteiger partial charge in [0, 0.05) is 0 Å². The first-order chi connectivity index (χ1) is 5.54. The molecule has 4 nitrogen and oxygen atoms in total. The highest BCUT2D eigenvalue weighted by atomic mass is 79.9. The molecule has 0 aromatic carbocycles. The molecule has 0 aromatic rings. The van der Waals surface area contributed by atoms with Crippen LogP contribution in [0, 0.1) is 0 Å². The molecule has 0 heterocycles. The van der Waals surface area contributed by atoms with Gasteiger partial charge in [0.25, 0.3) is 0 Å². The molecule has 0 amide bonds. The molecule has 0 aliphatic rings. The van der Waals surface area contributed by atoms with Gasteiger partial charge in [0.2, 0.25) is 0 Å². The van der Waals surface area contributed by atoms with Crippen molar-refractivity contribution in [2.24, 2.45) is 0 Å². The van der Waals surface area contributed by atoms with Crippen molar-refractivity contribution in [1.29, 1.82) is 0 Å². The van der Waals surface area contributed by atoms with Crippen LogP contribution in [0.5, 0.6) is 0 Å². The fourth-order valence-corrected chi connectivity index (χ4v) is 1.24. The van der Waals surface area contributed by atoms with Gasteiger partial charge in [-0.05, 0) is 0 Å². The fourth-order valence-electron chi connectivity index (χ4n) is 0.324. The average molecular weight is 345 g/mol. The minimum atomic E-state index is -1.30. The third-order valence-corrected chi connectivity index (χ3v) is 2.49. The van der Waals surface area contributed by atoms with Crippen LogP contribution < -0.4 is 0 Å². The summed E-state index contributed by atoms with van der Waals surface area (Å²) in [4.78, 5) is 21.3. The third-order valence-electron chi connectivity index (χ3n) is 0.859. The zero-order chi connectivity index (χ0) is 9.72. The molecule has 2 atom stereocenters. The molecule has 0 aromatic heterocycles. The minimum absolute atomic E-state index is 0.866. The van der Waals surface area contributed by atoms with E-state index in [9.17, 15) is 9.59 Å². The summed E-state index contributed by atoms with van der Waals surface area (Å²) in [5.41, 5.74) is 0. The molecule has 70 valence electrons. The third kappa shape index (κ3) is 3.47. The Bertz CT molecular complexity index is 168. The summed E-state index contributed by atoms with van der Waals surface area (Å²) in [6.45, 7) is 0. The van der Waals surface area contributed by atoms with Crippen LogP contribution in [0.2, 0.25) is 0 Å². The minimum Gasteiger partial charge on any atom is -0.382 e. The second-order valence-corrected chi connectivity index (χ2v) is 3.18. The van der Waals surface area contributed by atoms with Crippen molar-refractivity contribution in [3.8, 4) is 0 Å². The zero-order valence-electron chi connectivity index (χ0n) is 5.30. The molecule has 0 fully saturated rings. The van der Waals surface area contributed by atoms with Gasteiger partial charge < -0.3 is 7.66 Å². The van der Waals surface area contributed by atoms with Gasteiger partial charge in [0.1, 0.15) is 0 Å². The summed E-state index contributed by atoms with van der Waals surface area (Å²) in [6.07, 6.45) is 0. The summed E-state index contributed by atoms with van der Waals surface area (Å²) >= 11 is 15.6. The highest BCUT2D eigenvalue weighted by Crippen LogP contribution is 2.15. The molecule has 8 heteroatoms. The lowest BCUT2D eigenvalue weighted by molar-refractivity contribution is -0.137. The predicted molar refractivity (Wildman–Crippen MR) is 49.3 cm³/mol. The smallest absolute Gasteiger partial charge is 0.337 e. The van der Waals surface area contributed by atoms with E-state index in [1.54, 1.807) is 0 Å². The van der Waals surface area contributed by atoms with Crippen molar-refractivity contribution in [3.05, 3.63) is 0 Å². The lowest BCUT2D eigenvalue weighted by Gasteiger charge is -2.08. The van der Waals surface area contributed by atoms with Crippen molar-refractivity contribution >= 4 is 67.7 Å². The first-order valence-corrected chi connectivity index (χ1v) is 4.64. The van der Waals surface area contributed by atoms with E-state index in [-0.39, 0.29) is 0 Å². The predicted octanol–water partition coefficient (Wildman–Crippen LogP) is 1.91. The lowest BCUT2D eigenvalue weighted by Crippen LogP contribution is -2.31. The molecule has 0 aliphatic carbocycles. The molecular weight excluding hydrogens is 343 g/mol. The number of carbonyl (C=O) groups excluding carboxylic acids is 2. The van der Waals surface area contributed by atoms with E-state index in [1.807, 2.05) is 0 Å². The molecule has 0 saturated heterocycles. The van der Waals surface area contributed by atoms with Crippen LogP contribution in [0.15, 0.2) is 0 Å². The van der Waals surface area contributed by atoms with Crippen LogP contribution in [0.25, 0.3) is 0 Å². The summed E-state index contributed by atoms with van der Waals surface area (Å²) in [7, 11) is 0. The number of hydrogen-bond donors (Lipinski definition) is 0. The molecule has 0 spiro atoms. The van der Waals surface area contributed by atoms with Gasteiger partial charge in [-0.1, -0.05) is 0 Å². The lowest BCUT2D eigenvalue weighted by atomic mass is 10.3. The first-order valence-electron chi connectivity index (χ1n) is 2.47. The van der Waals surface area contributed by atoms with Crippen LogP contribution in [-0.2, 0) is 17.2 Å². The summed E-state index contributed by atoms with van der Waals surface area (Å²) in [5, 5.41) is -2.59. The first kappa shape index (κ1) is 12.5. The second kappa shape index (κ2) is 6.01. The van der Waals surface area contributed by atoms with E-state index in [1.165, 1.54) is 0 Å². The Hall–Kier alpha value is 0.480. The number of rotatable bonds is 3. The second-order valence-electron chi connectivity index (χ2n) is 1.60. The molecule has 0 rings (SSSR count). The van der Waals surface area contributed by atoms with Gasteiger partial charge >= 0.3 is 11.9 Å². The largest absolute Gasteiger partial charge is 0.382 e. The highest BCUT2D eigenvalue weighted by molar-refractivity contribution is 9.06. The van der Waals surface area contributed by atoms with E-state index in [0.717, 1.165) is 0 Å².